The molecule has 1 aliphatic heterocycles. The molecule has 1 fully saturated rings. The standard InChI is InChI=1S/C15H27N3O/c1-12-8-14(19-15(12)9-16-3)11-18-7-5-6-17(4)10-13(18)2/h8,13,16H,5-7,9-11H2,1-4H3. The first-order chi connectivity index (χ1) is 9.10. The highest BCUT2D eigenvalue weighted by Crippen LogP contribution is 2.18. The highest BCUT2D eigenvalue weighted by atomic mass is 16.3. The molecule has 19 heavy (non-hydrogen) atoms. The maximum absolute atomic E-state index is 5.96. The number of rotatable bonds is 4. The Morgan fingerprint density at radius 2 is 2.21 bits per heavy atom. The summed E-state index contributed by atoms with van der Waals surface area (Å²) in [7, 11) is 4.16. The van der Waals surface area contributed by atoms with Gasteiger partial charge in [-0.1, -0.05) is 0 Å². The minimum absolute atomic E-state index is 0.589. The van der Waals surface area contributed by atoms with Crippen molar-refractivity contribution in [2.45, 2.75) is 39.4 Å². The van der Waals surface area contributed by atoms with E-state index in [2.05, 4.69) is 42.1 Å². The summed E-state index contributed by atoms with van der Waals surface area (Å²) in [6.07, 6.45) is 1.24. The van der Waals surface area contributed by atoms with E-state index in [0.29, 0.717) is 6.04 Å². The lowest BCUT2D eigenvalue weighted by molar-refractivity contribution is 0.180. The Labute approximate surface area is 116 Å². The molecule has 1 unspecified atom stereocenters. The summed E-state index contributed by atoms with van der Waals surface area (Å²) in [6, 6.07) is 2.78. The van der Waals surface area contributed by atoms with Gasteiger partial charge < -0.3 is 14.6 Å². The van der Waals surface area contributed by atoms with Crippen LogP contribution in [0.3, 0.4) is 0 Å². The molecule has 1 aromatic rings. The SMILES string of the molecule is CNCc1oc(CN2CCCN(C)CC2C)cc1C. The molecule has 1 aliphatic rings. The molecule has 0 bridgehead atoms. The van der Waals surface area contributed by atoms with Crippen molar-refractivity contribution in [2.24, 2.45) is 0 Å². The molecule has 0 aliphatic carbocycles. The van der Waals surface area contributed by atoms with Crippen LogP contribution < -0.4 is 5.32 Å². The van der Waals surface area contributed by atoms with E-state index in [1.54, 1.807) is 0 Å². The van der Waals surface area contributed by atoms with Crippen molar-refractivity contribution in [2.75, 3.05) is 33.7 Å². The molecule has 4 nitrogen and oxygen atoms in total. The van der Waals surface area contributed by atoms with Crippen LogP contribution in [-0.4, -0.2) is 49.6 Å². The van der Waals surface area contributed by atoms with Crippen LogP contribution in [0.5, 0.6) is 0 Å². The van der Waals surface area contributed by atoms with Gasteiger partial charge in [0.25, 0.3) is 0 Å². The van der Waals surface area contributed by atoms with E-state index >= 15 is 0 Å². The van der Waals surface area contributed by atoms with E-state index in [1.807, 2.05) is 7.05 Å². The van der Waals surface area contributed by atoms with Crippen molar-refractivity contribution in [3.05, 3.63) is 23.2 Å². The fraction of sp³-hybridized carbons (Fsp3) is 0.733. The van der Waals surface area contributed by atoms with Crippen molar-refractivity contribution in [1.29, 1.82) is 0 Å². The van der Waals surface area contributed by atoms with Crippen LogP contribution >= 0.6 is 0 Å². The summed E-state index contributed by atoms with van der Waals surface area (Å²) in [5, 5.41) is 3.15. The molecule has 0 aromatic carbocycles. The van der Waals surface area contributed by atoms with Crippen molar-refractivity contribution in [3.8, 4) is 0 Å². The Morgan fingerprint density at radius 1 is 1.42 bits per heavy atom. The van der Waals surface area contributed by atoms with Gasteiger partial charge in [-0.15, -0.1) is 0 Å². The van der Waals surface area contributed by atoms with Gasteiger partial charge >= 0.3 is 0 Å². The lowest BCUT2D eigenvalue weighted by atomic mass is 10.2. The molecule has 1 N–H and O–H groups in total. The molecule has 0 saturated carbocycles. The second-order valence-electron chi connectivity index (χ2n) is 5.78. The van der Waals surface area contributed by atoms with E-state index in [-0.39, 0.29) is 0 Å². The summed E-state index contributed by atoms with van der Waals surface area (Å²) in [4.78, 5) is 4.95. The van der Waals surface area contributed by atoms with E-state index in [0.717, 1.165) is 37.7 Å². The van der Waals surface area contributed by atoms with Crippen molar-refractivity contribution < 1.29 is 4.42 Å². The second-order valence-corrected chi connectivity index (χ2v) is 5.78. The zero-order valence-corrected chi connectivity index (χ0v) is 12.7. The van der Waals surface area contributed by atoms with Crippen LogP contribution in [0.4, 0.5) is 0 Å². The van der Waals surface area contributed by atoms with E-state index in [4.69, 9.17) is 4.42 Å². The Bertz CT molecular complexity index is 402. The van der Waals surface area contributed by atoms with Gasteiger partial charge in [0.05, 0.1) is 13.1 Å². The number of hydrogen-bond donors (Lipinski definition) is 1. The highest BCUT2D eigenvalue weighted by Gasteiger charge is 2.21. The Morgan fingerprint density at radius 3 is 2.95 bits per heavy atom. The quantitative estimate of drug-likeness (QED) is 0.900. The predicted octanol–water partition coefficient (Wildman–Crippen LogP) is 1.83. The minimum atomic E-state index is 0.589. The Balaban J connectivity index is 2.01. The molecule has 0 amide bonds. The maximum atomic E-state index is 5.96. The number of hydrogen-bond acceptors (Lipinski definition) is 4. The molecule has 1 aromatic heterocycles. The first-order valence-electron chi connectivity index (χ1n) is 7.25. The number of aryl methyl sites for hydroxylation is 1. The first kappa shape index (κ1) is 14.6. The van der Waals surface area contributed by atoms with E-state index in [1.165, 1.54) is 18.5 Å². The summed E-state index contributed by atoms with van der Waals surface area (Å²) < 4.78 is 5.96. The molecule has 2 heterocycles. The molecule has 0 radical (unpaired) electrons. The third-order valence-corrected chi connectivity index (χ3v) is 3.95. The highest BCUT2D eigenvalue weighted by molar-refractivity contribution is 5.20. The smallest absolute Gasteiger partial charge is 0.120 e. The molecule has 0 spiro atoms. The van der Waals surface area contributed by atoms with E-state index in [9.17, 15) is 0 Å². The molecule has 108 valence electrons. The zero-order chi connectivity index (χ0) is 13.8. The average Bonchev–Trinajstić information content (AvgIpc) is 2.60. The van der Waals surface area contributed by atoms with Gasteiger partial charge in [-0.3, -0.25) is 4.90 Å². The van der Waals surface area contributed by atoms with E-state index < -0.39 is 0 Å². The number of nitrogens with zero attached hydrogens (tertiary/aromatic N) is 2. The molecular formula is C15H27N3O. The fourth-order valence-electron chi connectivity index (χ4n) is 2.86. The lowest BCUT2D eigenvalue weighted by Gasteiger charge is -2.26. The summed E-state index contributed by atoms with van der Waals surface area (Å²) in [6.45, 7) is 9.67. The molecular weight excluding hydrogens is 238 g/mol. The molecule has 1 atom stereocenters. The molecule has 1 saturated heterocycles. The Kier molecular flexibility index (Phi) is 5.02. The largest absolute Gasteiger partial charge is 0.463 e. The molecule has 4 heteroatoms. The third kappa shape index (κ3) is 3.81. The zero-order valence-electron chi connectivity index (χ0n) is 12.7. The van der Waals surface area contributed by atoms with Crippen molar-refractivity contribution in [1.82, 2.24) is 15.1 Å². The van der Waals surface area contributed by atoms with Crippen molar-refractivity contribution >= 4 is 0 Å². The first-order valence-corrected chi connectivity index (χ1v) is 7.25. The van der Waals surface area contributed by atoms with Crippen LogP contribution in [0, 0.1) is 6.92 Å². The van der Waals surface area contributed by atoms with Gasteiger partial charge in [0, 0.05) is 19.1 Å². The lowest BCUT2D eigenvalue weighted by Crippen LogP contribution is -2.37. The summed E-state index contributed by atoms with van der Waals surface area (Å²) in [5.74, 6) is 2.16. The Hall–Kier alpha value is -0.840. The second kappa shape index (κ2) is 6.55. The average molecular weight is 265 g/mol. The number of furan rings is 1. The van der Waals surface area contributed by atoms with Crippen LogP contribution in [0.1, 0.15) is 30.4 Å². The predicted molar refractivity (Wildman–Crippen MR) is 78.2 cm³/mol. The van der Waals surface area contributed by atoms with Gasteiger partial charge in [0.2, 0.25) is 0 Å². The normalized spacial score (nSPS) is 22.6. The third-order valence-electron chi connectivity index (χ3n) is 3.95. The monoisotopic (exact) mass is 265 g/mol. The van der Waals surface area contributed by atoms with Crippen molar-refractivity contribution in [3.63, 3.8) is 0 Å². The van der Waals surface area contributed by atoms with Crippen LogP contribution in [0.15, 0.2) is 10.5 Å². The summed E-state index contributed by atoms with van der Waals surface area (Å²) >= 11 is 0. The van der Waals surface area contributed by atoms with Gasteiger partial charge in [0.1, 0.15) is 11.5 Å². The topological polar surface area (TPSA) is 31.7 Å². The van der Waals surface area contributed by atoms with Crippen LogP contribution in [-0.2, 0) is 13.1 Å². The van der Waals surface area contributed by atoms with Gasteiger partial charge in [0.15, 0.2) is 0 Å². The van der Waals surface area contributed by atoms with Gasteiger partial charge in [-0.2, -0.15) is 0 Å². The van der Waals surface area contributed by atoms with Gasteiger partial charge in [-0.25, -0.2) is 0 Å². The van der Waals surface area contributed by atoms with Crippen LogP contribution in [0.25, 0.3) is 0 Å². The van der Waals surface area contributed by atoms with Gasteiger partial charge in [-0.05, 0) is 52.5 Å². The maximum Gasteiger partial charge on any atom is 0.120 e. The fourth-order valence-corrected chi connectivity index (χ4v) is 2.86. The number of nitrogens with one attached hydrogen (secondary N) is 1. The summed E-state index contributed by atoms with van der Waals surface area (Å²) in [5.41, 5.74) is 1.25. The molecule has 2 rings (SSSR count). The number of likely N-dealkylation sites (N-methyl/N-ethyl adjacent to an activating group) is 1. The minimum Gasteiger partial charge on any atom is -0.463 e. The van der Waals surface area contributed by atoms with Crippen LogP contribution in [0.2, 0.25) is 0 Å².